The van der Waals surface area contributed by atoms with Gasteiger partial charge in [-0.15, -0.1) is 0 Å². The summed E-state index contributed by atoms with van der Waals surface area (Å²) in [5.74, 6) is 0.642. The molecule has 0 aromatic heterocycles. The first kappa shape index (κ1) is 20.6. The minimum atomic E-state index is -0.00785. The number of aryl methyl sites for hydroxylation is 2. The Morgan fingerprint density at radius 1 is 0.900 bits per heavy atom. The normalized spacial score (nSPS) is 14.4. The minimum Gasteiger partial charge on any atom is -0.503 e. The van der Waals surface area contributed by atoms with E-state index in [0.717, 1.165) is 18.7 Å². The van der Waals surface area contributed by atoms with Gasteiger partial charge in [0.15, 0.2) is 11.5 Å². The van der Waals surface area contributed by atoms with Crippen molar-refractivity contribution in [1.29, 1.82) is 0 Å². The van der Waals surface area contributed by atoms with Gasteiger partial charge in [0.05, 0.1) is 11.1 Å². The van der Waals surface area contributed by atoms with Crippen LogP contribution in [0, 0.1) is 13.8 Å². The highest BCUT2D eigenvalue weighted by Crippen LogP contribution is 2.43. The fourth-order valence-corrected chi connectivity index (χ4v) is 4.47. The van der Waals surface area contributed by atoms with Gasteiger partial charge in [0, 0.05) is 24.5 Å². The van der Waals surface area contributed by atoms with E-state index in [-0.39, 0.29) is 11.9 Å². The van der Waals surface area contributed by atoms with E-state index in [0.29, 0.717) is 16.8 Å². The van der Waals surface area contributed by atoms with Crippen LogP contribution in [0.5, 0.6) is 11.5 Å². The van der Waals surface area contributed by atoms with Gasteiger partial charge in [-0.2, -0.15) is 0 Å². The molecule has 1 N–H and O–H groups in total. The number of hydrogen-bond donors (Lipinski definition) is 1. The Labute approximate surface area is 186 Å². The fraction of sp³-hybridized carbons (Fsp3) is 0.280. The first-order valence-electron chi connectivity index (χ1n) is 10.3. The molecular weight excluding hydrogens is 440 g/mol. The van der Waals surface area contributed by atoms with E-state index in [4.69, 9.17) is 4.74 Å². The van der Waals surface area contributed by atoms with E-state index in [2.05, 4.69) is 88.1 Å². The molecule has 0 bridgehead atoms. The topological polar surface area (TPSA) is 35.9 Å². The first-order chi connectivity index (χ1) is 14.5. The van der Waals surface area contributed by atoms with Crippen molar-refractivity contribution in [3.8, 4) is 11.5 Å². The predicted molar refractivity (Wildman–Crippen MR) is 127 cm³/mol. The van der Waals surface area contributed by atoms with Crippen LogP contribution < -0.4 is 14.5 Å². The van der Waals surface area contributed by atoms with Gasteiger partial charge in [0.25, 0.3) is 0 Å². The zero-order valence-electron chi connectivity index (χ0n) is 17.6. The number of nitrogens with zero attached hydrogens (tertiary/aromatic N) is 2. The Bertz CT molecular complexity index is 965. The molecule has 1 aliphatic heterocycles. The highest BCUT2D eigenvalue weighted by atomic mass is 79.9. The number of hydrogen-bond acceptors (Lipinski definition) is 4. The van der Waals surface area contributed by atoms with Crippen LogP contribution in [-0.4, -0.2) is 24.8 Å². The monoisotopic (exact) mass is 466 g/mol. The van der Waals surface area contributed by atoms with E-state index < -0.39 is 0 Å². The summed E-state index contributed by atoms with van der Waals surface area (Å²) in [6.07, 6.45) is -0.00785. The van der Waals surface area contributed by atoms with Crippen molar-refractivity contribution >= 4 is 27.3 Å². The Kier molecular flexibility index (Phi) is 5.91. The molecule has 3 aromatic rings. The SMILES string of the molecule is CCOc1cc(C2N(c3ccc(C)cc3)CCN2c2ccc(C)cc2)cc(Br)c1O. The van der Waals surface area contributed by atoms with Crippen LogP contribution >= 0.6 is 15.9 Å². The predicted octanol–water partition coefficient (Wildman–Crippen LogP) is 6.20. The van der Waals surface area contributed by atoms with Crippen molar-refractivity contribution in [3.05, 3.63) is 81.8 Å². The zero-order valence-corrected chi connectivity index (χ0v) is 19.2. The highest BCUT2D eigenvalue weighted by Gasteiger charge is 2.34. The molecule has 1 fully saturated rings. The van der Waals surface area contributed by atoms with Gasteiger partial charge in [-0.1, -0.05) is 35.4 Å². The zero-order chi connectivity index (χ0) is 21.3. The van der Waals surface area contributed by atoms with Crippen LogP contribution in [0.15, 0.2) is 65.1 Å². The second-order valence-corrected chi connectivity index (χ2v) is 8.57. The molecule has 156 valence electrons. The minimum absolute atomic E-state index is 0.00785. The summed E-state index contributed by atoms with van der Waals surface area (Å²) in [4.78, 5) is 4.82. The molecule has 30 heavy (non-hydrogen) atoms. The summed E-state index contributed by atoms with van der Waals surface area (Å²) >= 11 is 3.52. The van der Waals surface area contributed by atoms with Crippen LogP contribution in [0.3, 0.4) is 0 Å². The molecule has 4 rings (SSSR count). The molecule has 5 heteroatoms. The average molecular weight is 467 g/mol. The van der Waals surface area contributed by atoms with Gasteiger partial charge in [0.1, 0.15) is 6.17 Å². The van der Waals surface area contributed by atoms with Gasteiger partial charge in [0.2, 0.25) is 0 Å². The van der Waals surface area contributed by atoms with Crippen molar-refractivity contribution in [2.45, 2.75) is 26.9 Å². The molecular formula is C25H27BrN2O2. The number of ether oxygens (including phenoxy) is 1. The number of anilines is 2. The molecule has 0 unspecified atom stereocenters. The first-order valence-corrected chi connectivity index (χ1v) is 11.1. The van der Waals surface area contributed by atoms with E-state index in [1.54, 1.807) is 0 Å². The summed E-state index contributed by atoms with van der Waals surface area (Å²) in [5, 5.41) is 10.4. The number of halogens is 1. The molecule has 0 radical (unpaired) electrons. The van der Waals surface area contributed by atoms with Crippen molar-refractivity contribution in [1.82, 2.24) is 0 Å². The molecule has 1 aliphatic rings. The third-order valence-corrected chi connectivity index (χ3v) is 6.16. The molecule has 0 saturated carbocycles. The van der Waals surface area contributed by atoms with Gasteiger partial charge in [-0.25, -0.2) is 0 Å². The highest BCUT2D eigenvalue weighted by molar-refractivity contribution is 9.10. The number of rotatable bonds is 5. The van der Waals surface area contributed by atoms with Crippen molar-refractivity contribution < 1.29 is 9.84 Å². The van der Waals surface area contributed by atoms with Crippen LogP contribution in [0.1, 0.15) is 29.8 Å². The molecule has 0 amide bonds. The van der Waals surface area contributed by atoms with Crippen LogP contribution in [0.25, 0.3) is 0 Å². The molecule has 0 atom stereocenters. The fourth-order valence-electron chi connectivity index (χ4n) is 4.01. The van der Waals surface area contributed by atoms with Crippen LogP contribution in [0.4, 0.5) is 11.4 Å². The molecule has 0 spiro atoms. The van der Waals surface area contributed by atoms with Gasteiger partial charge >= 0.3 is 0 Å². The maximum Gasteiger partial charge on any atom is 0.172 e. The van der Waals surface area contributed by atoms with E-state index in [1.165, 1.54) is 22.5 Å². The van der Waals surface area contributed by atoms with E-state index in [1.807, 2.05) is 19.1 Å². The quantitative estimate of drug-likeness (QED) is 0.485. The Morgan fingerprint density at radius 2 is 1.40 bits per heavy atom. The van der Waals surface area contributed by atoms with Gasteiger partial charge < -0.3 is 19.6 Å². The molecule has 1 saturated heterocycles. The second kappa shape index (κ2) is 8.60. The maximum atomic E-state index is 10.4. The number of aromatic hydroxyl groups is 1. The number of phenols is 1. The van der Waals surface area contributed by atoms with Crippen LogP contribution in [-0.2, 0) is 0 Å². The van der Waals surface area contributed by atoms with Gasteiger partial charge in [-0.3, -0.25) is 0 Å². The van der Waals surface area contributed by atoms with Crippen molar-refractivity contribution in [2.24, 2.45) is 0 Å². The standard InChI is InChI=1S/C25H27BrN2O2/c1-4-30-23-16-19(15-22(26)24(23)29)25-27(20-9-5-17(2)6-10-20)13-14-28(25)21-11-7-18(3)8-12-21/h5-12,15-16,25,29H,4,13-14H2,1-3H3. The van der Waals surface area contributed by atoms with Crippen molar-refractivity contribution in [3.63, 3.8) is 0 Å². The van der Waals surface area contributed by atoms with E-state index in [9.17, 15) is 5.11 Å². The Balaban J connectivity index is 1.81. The Hall–Kier alpha value is -2.66. The average Bonchev–Trinajstić information content (AvgIpc) is 3.17. The molecule has 4 nitrogen and oxygen atoms in total. The summed E-state index contributed by atoms with van der Waals surface area (Å²) in [7, 11) is 0. The third kappa shape index (κ3) is 3.99. The largest absolute Gasteiger partial charge is 0.503 e. The lowest BCUT2D eigenvalue weighted by atomic mass is 10.1. The summed E-state index contributed by atoms with van der Waals surface area (Å²) < 4.78 is 6.36. The third-order valence-electron chi connectivity index (χ3n) is 5.55. The number of phenolic OH excluding ortho intramolecular Hbond substituents is 1. The smallest absolute Gasteiger partial charge is 0.172 e. The lowest BCUT2D eigenvalue weighted by Crippen LogP contribution is -2.31. The van der Waals surface area contributed by atoms with Gasteiger partial charge in [-0.05, 0) is 78.7 Å². The maximum absolute atomic E-state index is 10.4. The van der Waals surface area contributed by atoms with E-state index >= 15 is 0 Å². The van der Waals surface area contributed by atoms with Crippen molar-refractivity contribution in [2.75, 3.05) is 29.5 Å². The number of benzene rings is 3. The van der Waals surface area contributed by atoms with Crippen LogP contribution in [0.2, 0.25) is 0 Å². The lowest BCUT2D eigenvalue weighted by Gasteiger charge is -2.34. The summed E-state index contributed by atoms with van der Waals surface area (Å²) in [5.41, 5.74) is 5.93. The molecule has 1 heterocycles. The lowest BCUT2D eigenvalue weighted by molar-refractivity contribution is 0.316. The second-order valence-electron chi connectivity index (χ2n) is 7.71. The summed E-state index contributed by atoms with van der Waals surface area (Å²) in [6, 6.07) is 21.3. The molecule has 0 aliphatic carbocycles. The molecule has 3 aromatic carbocycles. The Morgan fingerprint density at radius 3 is 1.87 bits per heavy atom. The summed E-state index contributed by atoms with van der Waals surface area (Å²) in [6.45, 7) is 8.45.